The molecule has 0 saturated heterocycles. The lowest BCUT2D eigenvalue weighted by atomic mass is 10.2. The van der Waals surface area contributed by atoms with Gasteiger partial charge >= 0.3 is 11.7 Å². The molecule has 0 aromatic carbocycles. The van der Waals surface area contributed by atoms with Gasteiger partial charge in [-0.25, -0.2) is 9.97 Å². The van der Waals surface area contributed by atoms with Crippen LogP contribution in [0.15, 0.2) is 29.1 Å². The van der Waals surface area contributed by atoms with E-state index in [9.17, 15) is 14.9 Å². The van der Waals surface area contributed by atoms with E-state index >= 15 is 0 Å². The predicted octanol–water partition coefficient (Wildman–Crippen LogP) is 4.25. The molecule has 194 valence electrons. The Morgan fingerprint density at radius 2 is 1.89 bits per heavy atom. The Labute approximate surface area is 207 Å². The fourth-order valence-electron chi connectivity index (χ4n) is 3.64. The van der Waals surface area contributed by atoms with Crippen molar-refractivity contribution in [3.8, 4) is 0 Å². The van der Waals surface area contributed by atoms with Crippen LogP contribution in [0.5, 0.6) is 0 Å². The number of anilines is 2. The fourth-order valence-corrected chi connectivity index (χ4v) is 3.64. The van der Waals surface area contributed by atoms with Crippen molar-refractivity contribution in [2.24, 2.45) is 0 Å². The zero-order valence-corrected chi connectivity index (χ0v) is 21.1. The van der Waals surface area contributed by atoms with Gasteiger partial charge in [-0.15, -0.1) is 0 Å². The topological polar surface area (TPSA) is 127 Å². The standard InChI is InChI=1S/C24H38N6O5/c1-4-7-13-28(14-8-5-2)16-12-25-23-22(30(32)33)24(27-19-26-23)29(15-11-21(31)34-6-3)18-20-10-9-17-35-20/h9-10,17,19H,4-8,11-16,18H2,1-3H3,(H,25,26,27). The van der Waals surface area contributed by atoms with E-state index in [-0.39, 0.29) is 49.4 Å². The zero-order valence-electron chi connectivity index (χ0n) is 21.1. The molecule has 0 saturated carbocycles. The van der Waals surface area contributed by atoms with Crippen LogP contribution in [0.1, 0.15) is 58.6 Å². The van der Waals surface area contributed by atoms with Gasteiger partial charge in [-0.1, -0.05) is 26.7 Å². The highest BCUT2D eigenvalue weighted by Gasteiger charge is 2.28. The molecule has 0 fully saturated rings. The van der Waals surface area contributed by atoms with Crippen molar-refractivity contribution in [2.45, 2.75) is 59.4 Å². The molecule has 2 heterocycles. The van der Waals surface area contributed by atoms with Crippen molar-refractivity contribution in [1.82, 2.24) is 14.9 Å². The number of carbonyl (C=O) groups excluding carboxylic acids is 1. The molecule has 11 heteroatoms. The van der Waals surface area contributed by atoms with Gasteiger partial charge in [0.2, 0.25) is 11.6 Å². The van der Waals surface area contributed by atoms with Crippen molar-refractivity contribution in [3.63, 3.8) is 0 Å². The van der Waals surface area contributed by atoms with Gasteiger partial charge in [0.1, 0.15) is 12.1 Å². The molecule has 0 amide bonds. The highest BCUT2D eigenvalue weighted by Crippen LogP contribution is 2.32. The molecule has 0 atom stereocenters. The number of hydrogen-bond acceptors (Lipinski definition) is 10. The Balaban J connectivity index is 2.21. The minimum Gasteiger partial charge on any atom is -0.467 e. The Morgan fingerprint density at radius 1 is 1.14 bits per heavy atom. The lowest BCUT2D eigenvalue weighted by Crippen LogP contribution is -2.31. The SMILES string of the molecule is CCCCN(CCCC)CCNc1ncnc(N(CCC(=O)OCC)Cc2ccco2)c1[N+](=O)[O-]. The van der Waals surface area contributed by atoms with E-state index in [0.717, 1.165) is 45.3 Å². The first-order valence-corrected chi connectivity index (χ1v) is 12.4. The van der Waals surface area contributed by atoms with Gasteiger partial charge in [0.15, 0.2) is 0 Å². The number of nitrogens with one attached hydrogen (secondary N) is 1. The second-order valence-corrected chi connectivity index (χ2v) is 8.18. The summed E-state index contributed by atoms with van der Waals surface area (Å²) in [5.74, 6) is 0.499. The molecule has 2 aromatic rings. The van der Waals surface area contributed by atoms with Crippen LogP contribution in [-0.2, 0) is 16.1 Å². The number of ether oxygens (including phenoxy) is 1. The molecule has 0 aliphatic carbocycles. The van der Waals surface area contributed by atoms with Gasteiger partial charge in [-0.2, -0.15) is 0 Å². The number of rotatable bonds is 18. The maximum absolute atomic E-state index is 12.1. The average Bonchev–Trinajstić information content (AvgIpc) is 3.36. The van der Waals surface area contributed by atoms with Crippen LogP contribution < -0.4 is 10.2 Å². The van der Waals surface area contributed by atoms with Gasteiger partial charge in [-0.3, -0.25) is 14.9 Å². The van der Waals surface area contributed by atoms with Crippen molar-refractivity contribution in [1.29, 1.82) is 0 Å². The quantitative estimate of drug-likeness (QED) is 0.184. The number of furan rings is 1. The molecule has 35 heavy (non-hydrogen) atoms. The van der Waals surface area contributed by atoms with Crippen LogP contribution in [0.4, 0.5) is 17.3 Å². The summed E-state index contributed by atoms with van der Waals surface area (Å²) in [6.45, 7) is 10.0. The summed E-state index contributed by atoms with van der Waals surface area (Å²) in [5.41, 5.74) is -0.225. The number of nitrogens with zero attached hydrogens (tertiary/aromatic N) is 5. The van der Waals surface area contributed by atoms with E-state index in [1.807, 2.05) is 0 Å². The van der Waals surface area contributed by atoms with E-state index in [2.05, 4.69) is 34.0 Å². The van der Waals surface area contributed by atoms with Crippen LogP contribution >= 0.6 is 0 Å². The van der Waals surface area contributed by atoms with Gasteiger partial charge in [-0.05, 0) is 45.0 Å². The van der Waals surface area contributed by atoms with Crippen LogP contribution in [0, 0.1) is 10.1 Å². The predicted molar refractivity (Wildman–Crippen MR) is 134 cm³/mol. The van der Waals surface area contributed by atoms with E-state index < -0.39 is 4.92 Å². The first-order valence-electron chi connectivity index (χ1n) is 12.4. The number of aromatic nitrogens is 2. The maximum atomic E-state index is 12.1. The minimum absolute atomic E-state index is 0.0578. The summed E-state index contributed by atoms with van der Waals surface area (Å²) in [5, 5.41) is 15.2. The van der Waals surface area contributed by atoms with E-state index in [1.165, 1.54) is 12.6 Å². The highest BCUT2D eigenvalue weighted by atomic mass is 16.6. The summed E-state index contributed by atoms with van der Waals surface area (Å²) < 4.78 is 10.5. The smallest absolute Gasteiger partial charge is 0.353 e. The fraction of sp³-hybridized carbons (Fsp3) is 0.625. The molecule has 1 N–H and O–H groups in total. The minimum atomic E-state index is -0.483. The monoisotopic (exact) mass is 490 g/mol. The first-order chi connectivity index (χ1) is 17.0. The molecule has 11 nitrogen and oxygen atoms in total. The number of unbranched alkanes of at least 4 members (excludes halogenated alkanes) is 2. The van der Waals surface area contributed by atoms with E-state index in [1.54, 1.807) is 24.0 Å². The lowest BCUT2D eigenvalue weighted by molar-refractivity contribution is -0.383. The van der Waals surface area contributed by atoms with Crippen molar-refractivity contribution in [2.75, 3.05) is 49.5 Å². The lowest BCUT2D eigenvalue weighted by Gasteiger charge is -2.23. The molecule has 0 aliphatic rings. The summed E-state index contributed by atoms with van der Waals surface area (Å²) in [4.78, 5) is 36.0. The van der Waals surface area contributed by atoms with Crippen molar-refractivity contribution in [3.05, 3.63) is 40.6 Å². The normalized spacial score (nSPS) is 11.0. The van der Waals surface area contributed by atoms with Gasteiger partial charge in [0.05, 0.1) is 30.8 Å². The van der Waals surface area contributed by atoms with E-state index in [4.69, 9.17) is 9.15 Å². The zero-order chi connectivity index (χ0) is 25.5. The third-order valence-corrected chi connectivity index (χ3v) is 5.48. The summed E-state index contributed by atoms with van der Waals surface area (Å²) in [6.07, 6.45) is 7.36. The van der Waals surface area contributed by atoms with Crippen molar-refractivity contribution < 1.29 is 18.9 Å². The molecular formula is C24H38N6O5. The van der Waals surface area contributed by atoms with Gasteiger partial charge in [0.25, 0.3) is 0 Å². The number of hydrogen-bond donors (Lipinski definition) is 1. The highest BCUT2D eigenvalue weighted by molar-refractivity contribution is 5.73. The van der Waals surface area contributed by atoms with Crippen LogP contribution in [0.3, 0.4) is 0 Å². The van der Waals surface area contributed by atoms with Crippen LogP contribution in [-0.4, -0.2) is 65.1 Å². The number of nitro groups is 1. The number of esters is 1. The molecule has 0 radical (unpaired) electrons. The molecule has 0 unspecified atom stereocenters. The molecule has 0 bridgehead atoms. The molecule has 0 spiro atoms. The number of carbonyl (C=O) groups is 1. The van der Waals surface area contributed by atoms with Gasteiger partial charge < -0.3 is 24.3 Å². The first kappa shape index (κ1) is 28.0. The second kappa shape index (κ2) is 15.6. The molecular weight excluding hydrogens is 452 g/mol. The Hall–Kier alpha value is -3.21. The average molecular weight is 491 g/mol. The molecule has 2 rings (SSSR count). The van der Waals surface area contributed by atoms with Gasteiger partial charge in [0, 0.05) is 19.6 Å². The third-order valence-electron chi connectivity index (χ3n) is 5.48. The van der Waals surface area contributed by atoms with E-state index in [0.29, 0.717) is 12.3 Å². The Kier molecular flexibility index (Phi) is 12.5. The molecule has 2 aromatic heterocycles. The third kappa shape index (κ3) is 9.51. The van der Waals surface area contributed by atoms with Crippen molar-refractivity contribution >= 4 is 23.3 Å². The second-order valence-electron chi connectivity index (χ2n) is 8.18. The summed E-state index contributed by atoms with van der Waals surface area (Å²) in [7, 11) is 0. The molecule has 0 aliphatic heterocycles. The largest absolute Gasteiger partial charge is 0.467 e. The van der Waals surface area contributed by atoms with Crippen LogP contribution in [0.2, 0.25) is 0 Å². The summed E-state index contributed by atoms with van der Waals surface area (Å²) in [6, 6.07) is 3.51. The Bertz CT molecular complexity index is 885. The summed E-state index contributed by atoms with van der Waals surface area (Å²) >= 11 is 0. The Morgan fingerprint density at radius 3 is 2.49 bits per heavy atom. The maximum Gasteiger partial charge on any atom is 0.353 e. The van der Waals surface area contributed by atoms with Crippen LogP contribution in [0.25, 0.3) is 0 Å².